The number of halogens is 1. The maximum atomic E-state index is 6.04. The third kappa shape index (κ3) is 5.70. The molecule has 7 heteroatoms. The lowest BCUT2D eigenvalue weighted by atomic mass is 10.2. The maximum Gasteiger partial charge on any atom is 0.189 e. The van der Waals surface area contributed by atoms with Gasteiger partial charge in [-0.3, -0.25) is 4.90 Å². The number of likely N-dealkylation sites (tertiary alicyclic amines) is 1. The molecular weight excluding hydrogens is 439 g/mol. The summed E-state index contributed by atoms with van der Waals surface area (Å²) in [6.45, 7) is 6.65. The van der Waals surface area contributed by atoms with Gasteiger partial charge in [-0.2, -0.15) is 0 Å². The van der Waals surface area contributed by atoms with E-state index in [1.165, 1.54) is 24.9 Å². The second-order valence-corrected chi connectivity index (χ2v) is 6.46. The Bertz CT molecular complexity index is 684. The Morgan fingerprint density at radius 1 is 1.35 bits per heavy atom. The zero-order chi connectivity index (χ0) is 17.5. The third-order valence-corrected chi connectivity index (χ3v) is 4.81. The van der Waals surface area contributed by atoms with Gasteiger partial charge in [0.1, 0.15) is 12.4 Å². The lowest BCUT2D eigenvalue weighted by molar-refractivity contribution is 0.267. The van der Waals surface area contributed by atoms with Crippen LogP contribution in [0, 0.1) is 0 Å². The molecule has 0 bridgehead atoms. The number of imidazole rings is 1. The molecule has 26 heavy (non-hydrogen) atoms. The number of nitrogens with one attached hydrogen (secondary N) is 1. The van der Waals surface area contributed by atoms with E-state index in [1.807, 2.05) is 18.5 Å². The predicted molar refractivity (Wildman–Crippen MR) is 117 cm³/mol. The number of hydrogen-bond acceptors (Lipinski definition) is 3. The van der Waals surface area contributed by atoms with Crippen molar-refractivity contribution in [3.05, 3.63) is 54.1 Å². The largest absolute Gasteiger partial charge is 0.370 e. The number of hydrogen-bond donors (Lipinski definition) is 2. The first-order chi connectivity index (χ1) is 12.3. The Morgan fingerprint density at radius 3 is 2.92 bits per heavy atom. The van der Waals surface area contributed by atoms with Crippen molar-refractivity contribution in [2.24, 2.45) is 10.7 Å². The highest BCUT2D eigenvalue weighted by atomic mass is 127. The van der Waals surface area contributed by atoms with Crippen LogP contribution in [0.3, 0.4) is 0 Å². The van der Waals surface area contributed by atoms with Gasteiger partial charge >= 0.3 is 0 Å². The summed E-state index contributed by atoms with van der Waals surface area (Å²) >= 11 is 0. The lowest BCUT2D eigenvalue weighted by Crippen LogP contribution is -2.42. The van der Waals surface area contributed by atoms with Gasteiger partial charge in [0.15, 0.2) is 5.96 Å². The van der Waals surface area contributed by atoms with Crippen LogP contribution in [0.4, 0.5) is 0 Å². The monoisotopic (exact) mass is 468 g/mol. The van der Waals surface area contributed by atoms with Crippen molar-refractivity contribution < 1.29 is 0 Å². The number of nitrogens with two attached hydrogens (primary N) is 1. The summed E-state index contributed by atoms with van der Waals surface area (Å²) in [5, 5.41) is 3.27. The minimum absolute atomic E-state index is 0. The Kier molecular flexibility index (Phi) is 8.37. The average molecular weight is 468 g/mol. The van der Waals surface area contributed by atoms with Crippen LogP contribution >= 0.6 is 24.0 Å². The molecule has 0 spiro atoms. The number of aliphatic imine (C=N–C) groups is 1. The maximum absolute atomic E-state index is 6.04. The van der Waals surface area contributed by atoms with E-state index in [9.17, 15) is 0 Å². The molecule has 1 atom stereocenters. The topological polar surface area (TPSA) is 71.5 Å². The van der Waals surface area contributed by atoms with Gasteiger partial charge in [0.05, 0.1) is 0 Å². The minimum Gasteiger partial charge on any atom is -0.370 e. The second-order valence-electron chi connectivity index (χ2n) is 6.46. The van der Waals surface area contributed by atoms with Crippen molar-refractivity contribution in [3.63, 3.8) is 0 Å². The molecule has 0 amide bonds. The van der Waals surface area contributed by atoms with Crippen molar-refractivity contribution in [1.82, 2.24) is 19.8 Å². The van der Waals surface area contributed by atoms with Crippen LogP contribution in [-0.4, -0.2) is 46.1 Å². The van der Waals surface area contributed by atoms with Crippen LogP contribution in [0.1, 0.15) is 31.2 Å². The fraction of sp³-hybridized carbons (Fsp3) is 0.474. The highest BCUT2D eigenvalue weighted by molar-refractivity contribution is 14.0. The first-order valence-electron chi connectivity index (χ1n) is 9.08. The van der Waals surface area contributed by atoms with Crippen LogP contribution < -0.4 is 11.1 Å². The van der Waals surface area contributed by atoms with Crippen molar-refractivity contribution in [2.75, 3.05) is 19.6 Å². The molecular formula is C19H29IN6. The van der Waals surface area contributed by atoms with Crippen LogP contribution in [0.2, 0.25) is 0 Å². The van der Waals surface area contributed by atoms with E-state index in [1.54, 1.807) is 0 Å². The molecule has 2 aromatic rings. The van der Waals surface area contributed by atoms with E-state index >= 15 is 0 Å². The SMILES string of the molecule is CCN1CCCC1CNC(N)=NCc1nccn1Cc1ccccc1.I. The molecule has 1 aliphatic heterocycles. The number of likely N-dealkylation sites (N-methyl/N-ethyl adjacent to an activating group) is 1. The van der Waals surface area contributed by atoms with E-state index in [2.05, 4.69) is 55.9 Å². The molecule has 1 unspecified atom stereocenters. The van der Waals surface area contributed by atoms with E-state index in [0.29, 0.717) is 18.5 Å². The minimum atomic E-state index is 0. The quantitative estimate of drug-likeness (QED) is 0.372. The first-order valence-corrected chi connectivity index (χ1v) is 9.08. The summed E-state index contributed by atoms with van der Waals surface area (Å²) in [7, 11) is 0. The second kappa shape index (κ2) is 10.5. The molecule has 0 aliphatic carbocycles. The smallest absolute Gasteiger partial charge is 0.189 e. The molecule has 0 saturated carbocycles. The van der Waals surface area contributed by atoms with Gasteiger partial charge in [0.25, 0.3) is 0 Å². The highest BCUT2D eigenvalue weighted by Crippen LogP contribution is 2.15. The van der Waals surface area contributed by atoms with Crippen molar-refractivity contribution in [2.45, 2.75) is 38.9 Å². The standard InChI is InChI=1S/C19H28N6.HI/c1-2-24-11-6-9-17(24)13-22-19(20)23-14-18-21-10-12-25(18)15-16-7-4-3-5-8-16;/h3-5,7-8,10,12,17H,2,6,9,11,13-15H2,1H3,(H3,20,22,23);1H. The van der Waals surface area contributed by atoms with E-state index in [4.69, 9.17) is 5.73 Å². The fourth-order valence-electron chi connectivity index (χ4n) is 3.39. The number of rotatable bonds is 7. The number of benzene rings is 1. The average Bonchev–Trinajstić information content (AvgIpc) is 3.28. The van der Waals surface area contributed by atoms with Gasteiger partial charge in [0.2, 0.25) is 0 Å². The lowest BCUT2D eigenvalue weighted by Gasteiger charge is -2.23. The number of nitrogens with zero attached hydrogens (tertiary/aromatic N) is 4. The van der Waals surface area contributed by atoms with E-state index < -0.39 is 0 Å². The predicted octanol–water partition coefficient (Wildman–Crippen LogP) is 2.44. The van der Waals surface area contributed by atoms with Crippen molar-refractivity contribution in [3.8, 4) is 0 Å². The molecule has 1 aromatic carbocycles. The molecule has 0 radical (unpaired) electrons. The van der Waals surface area contributed by atoms with E-state index in [-0.39, 0.29) is 24.0 Å². The van der Waals surface area contributed by atoms with Crippen molar-refractivity contribution >= 4 is 29.9 Å². The van der Waals surface area contributed by atoms with Crippen LogP contribution in [0.5, 0.6) is 0 Å². The van der Waals surface area contributed by atoms with Crippen LogP contribution in [-0.2, 0) is 13.1 Å². The molecule has 3 rings (SSSR count). The first kappa shape index (κ1) is 20.7. The molecule has 2 heterocycles. The Morgan fingerprint density at radius 2 is 2.15 bits per heavy atom. The van der Waals surface area contributed by atoms with Gasteiger partial charge in [-0.25, -0.2) is 9.98 Å². The Labute approximate surface area is 172 Å². The summed E-state index contributed by atoms with van der Waals surface area (Å²) in [6.07, 6.45) is 6.30. The van der Waals surface area contributed by atoms with Crippen LogP contribution in [0.15, 0.2) is 47.7 Å². The highest BCUT2D eigenvalue weighted by Gasteiger charge is 2.22. The molecule has 1 saturated heterocycles. The molecule has 1 aliphatic rings. The Balaban J connectivity index is 0.00000243. The summed E-state index contributed by atoms with van der Waals surface area (Å²) in [5.41, 5.74) is 7.29. The zero-order valence-corrected chi connectivity index (χ0v) is 17.7. The number of guanidine groups is 1. The Hall–Kier alpha value is -1.61. The van der Waals surface area contributed by atoms with Gasteiger partial charge < -0.3 is 15.6 Å². The molecule has 1 fully saturated rings. The fourth-order valence-corrected chi connectivity index (χ4v) is 3.39. The molecule has 6 nitrogen and oxygen atoms in total. The van der Waals surface area contributed by atoms with Gasteiger partial charge in [-0.1, -0.05) is 37.3 Å². The van der Waals surface area contributed by atoms with Gasteiger partial charge in [-0.05, 0) is 31.5 Å². The zero-order valence-electron chi connectivity index (χ0n) is 15.3. The molecule has 142 valence electrons. The van der Waals surface area contributed by atoms with Crippen molar-refractivity contribution in [1.29, 1.82) is 0 Å². The van der Waals surface area contributed by atoms with Gasteiger partial charge in [0, 0.05) is 31.5 Å². The summed E-state index contributed by atoms with van der Waals surface area (Å²) in [4.78, 5) is 11.4. The third-order valence-electron chi connectivity index (χ3n) is 4.81. The summed E-state index contributed by atoms with van der Waals surface area (Å²) in [6, 6.07) is 10.9. The summed E-state index contributed by atoms with van der Waals surface area (Å²) in [5.74, 6) is 1.42. The normalized spacial score (nSPS) is 17.9. The number of aromatic nitrogens is 2. The summed E-state index contributed by atoms with van der Waals surface area (Å²) < 4.78 is 2.11. The molecule has 3 N–H and O–H groups in total. The van der Waals surface area contributed by atoms with E-state index in [0.717, 1.165) is 25.5 Å². The van der Waals surface area contributed by atoms with Gasteiger partial charge in [-0.15, -0.1) is 24.0 Å². The van der Waals surface area contributed by atoms with Crippen LogP contribution in [0.25, 0.3) is 0 Å². The molecule has 1 aromatic heterocycles.